The van der Waals surface area contributed by atoms with E-state index in [1.165, 1.54) is 16.5 Å². The number of H-pyrrole nitrogens is 1. The molecule has 3 heterocycles. The number of aromatic nitrogens is 4. The van der Waals surface area contributed by atoms with Gasteiger partial charge in [-0.3, -0.25) is 4.98 Å². The summed E-state index contributed by atoms with van der Waals surface area (Å²) in [6.07, 6.45) is 6.59. The van der Waals surface area contributed by atoms with E-state index in [-0.39, 0.29) is 0 Å². The van der Waals surface area contributed by atoms with E-state index < -0.39 is 0 Å². The molecule has 0 radical (unpaired) electrons. The minimum Gasteiger partial charge on any atom is -0.370 e. The second-order valence-electron chi connectivity index (χ2n) is 5.96. The van der Waals surface area contributed by atoms with Crippen LogP contribution in [-0.2, 0) is 6.42 Å². The largest absolute Gasteiger partial charge is 0.370 e. The van der Waals surface area contributed by atoms with Gasteiger partial charge in [-0.2, -0.15) is 0 Å². The monoisotopic (exact) mass is 329 g/mol. The first-order valence-electron chi connectivity index (χ1n) is 8.34. The van der Waals surface area contributed by atoms with E-state index in [2.05, 4.69) is 49.6 Å². The third kappa shape index (κ3) is 3.35. The quantitative estimate of drug-likeness (QED) is 0.581. The Morgan fingerprint density at radius 3 is 2.88 bits per heavy atom. The second kappa shape index (κ2) is 6.73. The molecule has 2 N–H and O–H groups in total. The molecule has 0 aliphatic rings. The SMILES string of the molecule is Cc1nc(NCCc2c[nH]c3ccccc23)cc(-c2cccnc2)n1. The van der Waals surface area contributed by atoms with Crippen LogP contribution in [0, 0.1) is 6.92 Å². The maximum atomic E-state index is 4.51. The number of pyridine rings is 1. The normalized spacial score (nSPS) is 10.9. The van der Waals surface area contributed by atoms with Crippen molar-refractivity contribution < 1.29 is 0 Å². The predicted octanol–water partition coefficient (Wildman–Crippen LogP) is 3.98. The Labute approximate surface area is 146 Å². The topological polar surface area (TPSA) is 66.5 Å². The second-order valence-corrected chi connectivity index (χ2v) is 5.96. The zero-order chi connectivity index (χ0) is 17.1. The molecule has 0 amide bonds. The Hall–Kier alpha value is -3.21. The molecule has 0 aliphatic carbocycles. The zero-order valence-corrected chi connectivity index (χ0v) is 14.0. The van der Waals surface area contributed by atoms with E-state index >= 15 is 0 Å². The van der Waals surface area contributed by atoms with Crippen LogP contribution >= 0.6 is 0 Å². The minimum absolute atomic E-state index is 0.746. The van der Waals surface area contributed by atoms with E-state index in [0.29, 0.717) is 0 Å². The lowest BCUT2D eigenvalue weighted by Crippen LogP contribution is -2.07. The summed E-state index contributed by atoms with van der Waals surface area (Å²) in [6, 6.07) is 14.3. The fourth-order valence-corrected chi connectivity index (χ4v) is 2.98. The molecule has 3 aromatic heterocycles. The van der Waals surface area contributed by atoms with E-state index in [9.17, 15) is 0 Å². The predicted molar refractivity (Wildman–Crippen MR) is 100 cm³/mol. The Balaban J connectivity index is 1.49. The molecule has 0 atom stereocenters. The van der Waals surface area contributed by atoms with E-state index in [1.807, 2.05) is 37.4 Å². The van der Waals surface area contributed by atoms with Crippen LogP contribution in [0.2, 0.25) is 0 Å². The standard InChI is InChI=1S/C20H19N5/c1-14-24-19(16-5-4-9-21-12-16)11-20(25-14)22-10-8-15-13-23-18-7-3-2-6-17(15)18/h2-7,9,11-13,23H,8,10H2,1H3,(H,22,24,25). The first-order valence-corrected chi connectivity index (χ1v) is 8.34. The van der Waals surface area contributed by atoms with Crippen molar-refractivity contribution in [3.8, 4) is 11.3 Å². The number of nitrogens with one attached hydrogen (secondary N) is 2. The fourth-order valence-electron chi connectivity index (χ4n) is 2.98. The van der Waals surface area contributed by atoms with Crippen LogP contribution < -0.4 is 5.32 Å². The maximum absolute atomic E-state index is 4.51. The molecule has 0 saturated heterocycles. The van der Waals surface area contributed by atoms with Crippen LogP contribution in [0.25, 0.3) is 22.2 Å². The summed E-state index contributed by atoms with van der Waals surface area (Å²) in [5.41, 5.74) is 4.36. The molecule has 4 aromatic rings. The molecule has 0 aliphatic heterocycles. The Morgan fingerprint density at radius 1 is 1.08 bits per heavy atom. The van der Waals surface area contributed by atoms with Gasteiger partial charge in [-0.25, -0.2) is 9.97 Å². The molecule has 1 aromatic carbocycles. The van der Waals surface area contributed by atoms with E-state index in [1.54, 1.807) is 6.20 Å². The van der Waals surface area contributed by atoms with Crippen molar-refractivity contribution in [2.75, 3.05) is 11.9 Å². The third-order valence-corrected chi connectivity index (χ3v) is 4.17. The molecule has 0 saturated carbocycles. The summed E-state index contributed by atoms with van der Waals surface area (Å²) in [5.74, 6) is 1.59. The lowest BCUT2D eigenvalue weighted by Gasteiger charge is -2.08. The lowest BCUT2D eigenvalue weighted by atomic mass is 10.1. The van der Waals surface area contributed by atoms with Gasteiger partial charge in [0.25, 0.3) is 0 Å². The highest BCUT2D eigenvalue weighted by atomic mass is 15.0. The van der Waals surface area contributed by atoms with Crippen LogP contribution in [0.15, 0.2) is 61.1 Å². The van der Waals surface area contributed by atoms with Gasteiger partial charge in [0.2, 0.25) is 0 Å². The van der Waals surface area contributed by atoms with E-state index in [0.717, 1.165) is 35.9 Å². The molecule has 4 rings (SSSR count). The third-order valence-electron chi connectivity index (χ3n) is 4.17. The highest BCUT2D eigenvalue weighted by Crippen LogP contribution is 2.20. The van der Waals surface area contributed by atoms with Gasteiger partial charge in [0.05, 0.1) is 5.69 Å². The van der Waals surface area contributed by atoms with Crippen molar-refractivity contribution >= 4 is 16.7 Å². The molecule has 0 fully saturated rings. The van der Waals surface area contributed by atoms with Crippen molar-refractivity contribution in [1.82, 2.24) is 19.9 Å². The molecule has 5 nitrogen and oxygen atoms in total. The number of aryl methyl sites for hydroxylation is 1. The van der Waals surface area contributed by atoms with E-state index in [4.69, 9.17) is 0 Å². The van der Waals surface area contributed by atoms with Gasteiger partial charge in [0.1, 0.15) is 11.6 Å². The molecule has 5 heteroatoms. The van der Waals surface area contributed by atoms with Crippen LogP contribution in [-0.4, -0.2) is 26.5 Å². The molecule has 25 heavy (non-hydrogen) atoms. The number of nitrogens with zero attached hydrogens (tertiary/aromatic N) is 3. The molecule has 0 spiro atoms. The smallest absolute Gasteiger partial charge is 0.130 e. The summed E-state index contributed by atoms with van der Waals surface area (Å²) >= 11 is 0. The summed E-state index contributed by atoms with van der Waals surface area (Å²) in [5, 5.41) is 4.69. The van der Waals surface area contributed by atoms with Crippen molar-refractivity contribution in [1.29, 1.82) is 0 Å². The highest BCUT2D eigenvalue weighted by Gasteiger charge is 2.06. The average molecular weight is 329 g/mol. The minimum atomic E-state index is 0.746. The molecule has 0 unspecified atom stereocenters. The van der Waals surface area contributed by atoms with Gasteiger partial charge >= 0.3 is 0 Å². The maximum Gasteiger partial charge on any atom is 0.130 e. The van der Waals surface area contributed by atoms with Gasteiger partial charge < -0.3 is 10.3 Å². The van der Waals surface area contributed by atoms with Crippen molar-refractivity contribution in [3.63, 3.8) is 0 Å². The molecule has 0 bridgehead atoms. The van der Waals surface area contributed by atoms with Crippen molar-refractivity contribution in [3.05, 3.63) is 72.4 Å². The van der Waals surface area contributed by atoms with Crippen molar-refractivity contribution in [2.24, 2.45) is 0 Å². The average Bonchev–Trinajstić information content (AvgIpc) is 3.05. The molecular formula is C20H19N5. The number of hydrogen-bond donors (Lipinski definition) is 2. The van der Waals surface area contributed by atoms with Crippen LogP contribution in [0.1, 0.15) is 11.4 Å². The fraction of sp³-hybridized carbons (Fsp3) is 0.150. The highest BCUT2D eigenvalue weighted by molar-refractivity contribution is 5.83. The zero-order valence-electron chi connectivity index (χ0n) is 14.0. The van der Waals surface area contributed by atoms with Gasteiger partial charge in [-0.1, -0.05) is 18.2 Å². The van der Waals surface area contributed by atoms with Crippen molar-refractivity contribution in [2.45, 2.75) is 13.3 Å². The number of fused-ring (bicyclic) bond motifs is 1. The summed E-state index contributed by atoms with van der Waals surface area (Å²) in [4.78, 5) is 16.5. The summed E-state index contributed by atoms with van der Waals surface area (Å²) in [6.45, 7) is 2.72. The summed E-state index contributed by atoms with van der Waals surface area (Å²) < 4.78 is 0. The first kappa shape index (κ1) is 15.3. The number of aromatic amines is 1. The molecule has 124 valence electrons. The Kier molecular flexibility index (Phi) is 4.12. The number of hydrogen-bond acceptors (Lipinski definition) is 4. The number of rotatable bonds is 5. The Morgan fingerprint density at radius 2 is 2.00 bits per heavy atom. The van der Waals surface area contributed by atoms with Crippen LogP contribution in [0.4, 0.5) is 5.82 Å². The number of benzene rings is 1. The van der Waals surface area contributed by atoms with Gasteiger partial charge in [0, 0.05) is 47.7 Å². The summed E-state index contributed by atoms with van der Waals surface area (Å²) in [7, 11) is 0. The number of para-hydroxylation sites is 1. The lowest BCUT2D eigenvalue weighted by molar-refractivity contribution is 0.988. The molecular weight excluding hydrogens is 310 g/mol. The number of anilines is 1. The van der Waals surface area contributed by atoms with Gasteiger partial charge in [0.15, 0.2) is 0 Å². The van der Waals surface area contributed by atoms with Crippen LogP contribution in [0.5, 0.6) is 0 Å². The van der Waals surface area contributed by atoms with Gasteiger partial charge in [-0.05, 0) is 37.1 Å². The first-order chi connectivity index (χ1) is 12.3. The van der Waals surface area contributed by atoms with Crippen LogP contribution in [0.3, 0.4) is 0 Å². The Bertz CT molecular complexity index is 991. The van der Waals surface area contributed by atoms with Gasteiger partial charge in [-0.15, -0.1) is 0 Å².